The van der Waals surface area contributed by atoms with E-state index in [9.17, 15) is 0 Å². The van der Waals surface area contributed by atoms with Crippen LogP contribution in [0.25, 0.3) is 0 Å². The van der Waals surface area contributed by atoms with Gasteiger partial charge in [-0.05, 0) is 45.7 Å². The highest BCUT2D eigenvalue weighted by Crippen LogP contribution is 2.42. The molecule has 102 valence electrons. The lowest BCUT2D eigenvalue weighted by molar-refractivity contribution is 0.540. The lowest BCUT2D eigenvalue weighted by Crippen LogP contribution is -2.23. The molecule has 0 bridgehead atoms. The summed E-state index contributed by atoms with van der Waals surface area (Å²) < 4.78 is 3.11. The Bertz CT molecular complexity index is 596. The average molecular weight is 296 g/mol. The van der Waals surface area contributed by atoms with E-state index in [0.29, 0.717) is 5.92 Å². The summed E-state index contributed by atoms with van der Waals surface area (Å²) in [6.45, 7) is 7.48. The Balaban J connectivity index is 2.05. The Morgan fingerprint density at radius 3 is 2.63 bits per heavy atom. The summed E-state index contributed by atoms with van der Waals surface area (Å²) in [5.74, 6) is 2.84. The van der Waals surface area contributed by atoms with Gasteiger partial charge in [-0.25, -0.2) is 0 Å². The van der Waals surface area contributed by atoms with E-state index in [1.807, 2.05) is 6.07 Å². The van der Waals surface area contributed by atoms with Crippen molar-refractivity contribution in [2.45, 2.75) is 51.5 Å². The van der Waals surface area contributed by atoms with E-state index in [4.69, 9.17) is 11.6 Å². The van der Waals surface area contributed by atoms with Gasteiger partial charge in [0, 0.05) is 17.3 Å². The molecule has 1 aliphatic carbocycles. The predicted octanol–water partition coefficient (Wildman–Crippen LogP) is 4.22. The maximum Gasteiger partial charge on any atom is 0.143 e. The van der Waals surface area contributed by atoms with E-state index in [-0.39, 0.29) is 5.41 Å². The second kappa shape index (κ2) is 4.60. The van der Waals surface area contributed by atoms with Crippen LogP contribution in [0.4, 0.5) is 0 Å². The Kier molecular flexibility index (Phi) is 3.18. The van der Waals surface area contributed by atoms with Crippen LogP contribution >= 0.6 is 22.9 Å². The number of halogens is 1. The van der Waals surface area contributed by atoms with Crippen LogP contribution in [0.5, 0.6) is 0 Å². The van der Waals surface area contributed by atoms with Gasteiger partial charge in [0.05, 0.1) is 9.75 Å². The van der Waals surface area contributed by atoms with Crippen molar-refractivity contribution in [3.05, 3.63) is 33.0 Å². The molecule has 1 aliphatic rings. The van der Waals surface area contributed by atoms with E-state index >= 15 is 0 Å². The highest BCUT2D eigenvalue weighted by Gasteiger charge is 2.35. The second-order valence-electron chi connectivity index (χ2n) is 5.63. The van der Waals surface area contributed by atoms with Gasteiger partial charge in [-0.2, -0.15) is 0 Å². The second-order valence-corrected chi connectivity index (χ2v) is 7.34. The third-order valence-electron chi connectivity index (χ3n) is 3.79. The Hall–Kier alpha value is -0.870. The van der Waals surface area contributed by atoms with Gasteiger partial charge >= 0.3 is 0 Å². The van der Waals surface area contributed by atoms with Gasteiger partial charge in [-0.1, -0.05) is 11.6 Å². The van der Waals surface area contributed by atoms with Crippen molar-refractivity contribution in [1.82, 2.24) is 14.8 Å². The molecule has 2 aromatic heterocycles. The lowest BCUT2D eigenvalue weighted by Gasteiger charge is -2.23. The molecule has 1 saturated carbocycles. The summed E-state index contributed by atoms with van der Waals surface area (Å²) in [6, 6.07) is 4.05. The van der Waals surface area contributed by atoms with Crippen molar-refractivity contribution in [3.63, 3.8) is 0 Å². The van der Waals surface area contributed by atoms with E-state index in [2.05, 4.69) is 41.6 Å². The fraction of sp³-hybridized carbons (Fsp3) is 0.571. The average Bonchev–Trinajstić information content (AvgIpc) is 2.96. The largest absolute Gasteiger partial charge is 0.314 e. The molecule has 5 heteroatoms. The van der Waals surface area contributed by atoms with Crippen LogP contribution in [0.15, 0.2) is 12.1 Å². The molecule has 0 radical (unpaired) electrons. The molecule has 0 atom stereocenters. The minimum atomic E-state index is -0.145. The summed E-state index contributed by atoms with van der Waals surface area (Å²) in [5, 5.41) is 8.91. The number of aromatic nitrogens is 3. The van der Waals surface area contributed by atoms with Gasteiger partial charge in [0.2, 0.25) is 0 Å². The molecule has 0 N–H and O–H groups in total. The highest BCUT2D eigenvalue weighted by atomic mass is 35.5. The van der Waals surface area contributed by atoms with Crippen molar-refractivity contribution in [2.75, 3.05) is 0 Å². The summed E-state index contributed by atoms with van der Waals surface area (Å²) in [6.07, 6.45) is 2.51. The Morgan fingerprint density at radius 1 is 1.37 bits per heavy atom. The van der Waals surface area contributed by atoms with Crippen molar-refractivity contribution in [2.24, 2.45) is 0 Å². The fourth-order valence-corrected chi connectivity index (χ4v) is 3.63. The number of hydrogen-bond donors (Lipinski definition) is 0. The minimum Gasteiger partial charge on any atom is -0.314 e. The van der Waals surface area contributed by atoms with E-state index < -0.39 is 0 Å². The molecule has 0 spiro atoms. The zero-order valence-corrected chi connectivity index (χ0v) is 13.1. The van der Waals surface area contributed by atoms with Crippen molar-refractivity contribution >= 4 is 22.9 Å². The summed E-state index contributed by atoms with van der Waals surface area (Å²) in [4.78, 5) is 1.24. The third-order valence-corrected chi connectivity index (χ3v) is 5.34. The first kappa shape index (κ1) is 13.1. The predicted molar refractivity (Wildman–Crippen MR) is 79.1 cm³/mol. The summed E-state index contributed by atoms with van der Waals surface area (Å²) in [7, 11) is 0. The molecule has 3 nitrogen and oxygen atoms in total. The van der Waals surface area contributed by atoms with Crippen LogP contribution in [-0.2, 0) is 12.0 Å². The standard InChI is InChI=1S/C14H18ClN3S/c1-4-18-12(9-5-6-9)16-17-13(18)14(2,3)10-7-8-11(15)19-10/h7-9H,4-6H2,1-3H3. The smallest absolute Gasteiger partial charge is 0.143 e. The number of nitrogens with zero attached hydrogens (tertiary/aromatic N) is 3. The first-order valence-electron chi connectivity index (χ1n) is 6.73. The summed E-state index contributed by atoms with van der Waals surface area (Å²) in [5.41, 5.74) is -0.145. The zero-order chi connectivity index (χ0) is 13.6. The normalized spacial score (nSPS) is 16.0. The lowest BCUT2D eigenvalue weighted by atomic mass is 9.90. The molecule has 0 saturated heterocycles. The molecule has 0 aliphatic heterocycles. The molecular formula is C14H18ClN3S. The van der Waals surface area contributed by atoms with E-state index in [0.717, 1.165) is 22.5 Å². The molecule has 2 heterocycles. The fourth-order valence-electron chi connectivity index (χ4n) is 2.49. The first-order valence-corrected chi connectivity index (χ1v) is 7.93. The molecule has 0 aromatic carbocycles. The van der Waals surface area contributed by atoms with Crippen LogP contribution in [0.1, 0.15) is 56.1 Å². The zero-order valence-electron chi connectivity index (χ0n) is 11.5. The molecular weight excluding hydrogens is 278 g/mol. The van der Waals surface area contributed by atoms with Gasteiger partial charge in [-0.15, -0.1) is 21.5 Å². The maximum absolute atomic E-state index is 6.07. The quantitative estimate of drug-likeness (QED) is 0.845. The molecule has 1 fully saturated rings. The number of hydrogen-bond acceptors (Lipinski definition) is 3. The van der Waals surface area contributed by atoms with E-state index in [1.165, 1.54) is 17.7 Å². The monoisotopic (exact) mass is 295 g/mol. The van der Waals surface area contributed by atoms with Crippen molar-refractivity contribution in [1.29, 1.82) is 0 Å². The maximum atomic E-state index is 6.07. The molecule has 19 heavy (non-hydrogen) atoms. The third kappa shape index (κ3) is 2.21. The van der Waals surface area contributed by atoms with Crippen LogP contribution in [0.3, 0.4) is 0 Å². The molecule has 0 unspecified atom stereocenters. The van der Waals surface area contributed by atoms with Crippen molar-refractivity contribution < 1.29 is 0 Å². The van der Waals surface area contributed by atoms with Gasteiger partial charge in [0.25, 0.3) is 0 Å². The minimum absolute atomic E-state index is 0.145. The SMILES string of the molecule is CCn1c(C2CC2)nnc1C(C)(C)c1ccc(Cl)s1. The molecule has 3 rings (SSSR count). The Morgan fingerprint density at radius 2 is 2.11 bits per heavy atom. The summed E-state index contributed by atoms with van der Waals surface area (Å²) >= 11 is 7.70. The van der Waals surface area contributed by atoms with Crippen LogP contribution in [0, 0.1) is 0 Å². The topological polar surface area (TPSA) is 30.7 Å². The van der Waals surface area contributed by atoms with Gasteiger partial charge < -0.3 is 4.57 Å². The van der Waals surface area contributed by atoms with Crippen LogP contribution < -0.4 is 0 Å². The van der Waals surface area contributed by atoms with E-state index in [1.54, 1.807) is 11.3 Å². The molecule has 2 aromatic rings. The molecule has 0 amide bonds. The van der Waals surface area contributed by atoms with Gasteiger partial charge in [0.15, 0.2) is 0 Å². The highest BCUT2D eigenvalue weighted by molar-refractivity contribution is 7.16. The van der Waals surface area contributed by atoms with Crippen LogP contribution in [0.2, 0.25) is 4.34 Å². The van der Waals surface area contributed by atoms with Gasteiger partial charge in [0.1, 0.15) is 11.6 Å². The van der Waals surface area contributed by atoms with Gasteiger partial charge in [-0.3, -0.25) is 0 Å². The Labute approximate surface area is 122 Å². The van der Waals surface area contributed by atoms with Crippen molar-refractivity contribution in [3.8, 4) is 0 Å². The number of thiophene rings is 1. The van der Waals surface area contributed by atoms with Crippen LogP contribution in [-0.4, -0.2) is 14.8 Å². The number of rotatable bonds is 4. The first-order chi connectivity index (χ1) is 9.04.